The van der Waals surface area contributed by atoms with Gasteiger partial charge in [-0.3, -0.25) is 0 Å². The van der Waals surface area contributed by atoms with Gasteiger partial charge in [-0.05, 0) is 36.8 Å². The van der Waals surface area contributed by atoms with Gasteiger partial charge >= 0.3 is 0 Å². The van der Waals surface area contributed by atoms with Gasteiger partial charge in [0.25, 0.3) is 0 Å². The molecular formula is C14H12ClN3O. The largest absolute Gasteiger partial charge is 0.495 e. The lowest BCUT2D eigenvalue weighted by atomic mass is 10.2. The van der Waals surface area contributed by atoms with Crippen molar-refractivity contribution in [2.75, 3.05) is 12.4 Å². The van der Waals surface area contributed by atoms with Crippen LogP contribution in [0.4, 0.5) is 11.5 Å². The fraction of sp³-hybridized carbons (Fsp3) is 0.143. The van der Waals surface area contributed by atoms with Crippen molar-refractivity contribution in [2.45, 2.75) is 6.92 Å². The number of nitrogens with zero attached hydrogens (tertiary/aromatic N) is 2. The summed E-state index contributed by atoms with van der Waals surface area (Å²) in [7, 11) is 1.60. The molecule has 2 aromatic rings. The summed E-state index contributed by atoms with van der Waals surface area (Å²) < 4.78 is 5.27. The van der Waals surface area contributed by atoms with Gasteiger partial charge in [0.15, 0.2) is 0 Å². The number of hydrogen-bond acceptors (Lipinski definition) is 4. The zero-order chi connectivity index (χ0) is 13.8. The monoisotopic (exact) mass is 273 g/mol. The highest BCUT2D eigenvalue weighted by Crippen LogP contribution is 2.28. The molecule has 5 heteroatoms. The first-order valence-corrected chi connectivity index (χ1v) is 5.99. The molecule has 0 saturated carbocycles. The molecule has 1 heterocycles. The number of hydrogen-bond donors (Lipinski definition) is 1. The molecule has 1 aromatic heterocycles. The molecule has 0 aliphatic carbocycles. The van der Waals surface area contributed by atoms with E-state index in [0.717, 1.165) is 11.3 Å². The number of benzene rings is 1. The second-order valence-electron chi connectivity index (χ2n) is 4.00. The SMILES string of the molecule is COc1ccc(C)cc1Nc1cc(C#N)cc(Cl)n1. The summed E-state index contributed by atoms with van der Waals surface area (Å²) in [5.41, 5.74) is 2.32. The van der Waals surface area contributed by atoms with Crippen LogP contribution < -0.4 is 10.1 Å². The number of nitrogens with one attached hydrogen (secondary N) is 1. The Balaban J connectivity index is 2.38. The van der Waals surface area contributed by atoms with Gasteiger partial charge in [0.05, 0.1) is 24.4 Å². The summed E-state index contributed by atoms with van der Waals surface area (Å²) in [5, 5.41) is 12.3. The summed E-state index contributed by atoms with van der Waals surface area (Å²) in [6.07, 6.45) is 0. The fourth-order valence-electron chi connectivity index (χ4n) is 1.68. The standard InChI is InChI=1S/C14H12ClN3O/c1-9-3-4-12(19-2)11(5-9)17-14-7-10(8-16)6-13(15)18-14/h3-7H,1-2H3,(H,17,18). The Labute approximate surface area is 116 Å². The second kappa shape index (κ2) is 5.59. The average Bonchev–Trinajstić information content (AvgIpc) is 2.38. The van der Waals surface area contributed by atoms with Crippen LogP contribution in [0.15, 0.2) is 30.3 Å². The first-order valence-electron chi connectivity index (χ1n) is 5.61. The van der Waals surface area contributed by atoms with Crippen LogP contribution >= 0.6 is 11.6 Å². The number of aryl methyl sites for hydroxylation is 1. The number of rotatable bonds is 3. The van der Waals surface area contributed by atoms with E-state index in [-0.39, 0.29) is 5.15 Å². The lowest BCUT2D eigenvalue weighted by Gasteiger charge is -2.11. The molecule has 0 amide bonds. The van der Waals surface area contributed by atoms with E-state index in [1.165, 1.54) is 6.07 Å². The van der Waals surface area contributed by atoms with Crippen molar-refractivity contribution in [1.29, 1.82) is 5.26 Å². The Bertz CT molecular complexity index is 650. The molecule has 0 aliphatic heterocycles. The molecule has 1 N–H and O–H groups in total. The highest BCUT2D eigenvalue weighted by Gasteiger charge is 2.06. The Hall–Kier alpha value is -2.25. The summed E-state index contributed by atoms with van der Waals surface area (Å²) >= 11 is 5.87. The van der Waals surface area contributed by atoms with Crippen LogP contribution in [0.5, 0.6) is 5.75 Å². The molecule has 2 rings (SSSR count). The number of anilines is 2. The van der Waals surface area contributed by atoms with E-state index in [1.807, 2.05) is 31.2 Å². The Morgan fingerprint density at radius 2 is 2.11 bits per heavy atom. The molecule has 0 fully saturated rings. The minimum Gasteiger partial charge on any atom is -0.495 e. The van der Waals surface area contributed by atoms with Gasteiger partial charge < -0.3 is 10.1 Å². The zero-order valence-electron chi connectivity index (χ0n) is 10.6. The van der Waals surface area contributed by atoms with Crippen molar-refractivity contribution < 1.29 is 4.74 Å². The number of nitriles is 1. The molecule has 0 radical (unpaired) electrons. The van der Waals surface area contributed by atoms with Crippen LogP contribution in [0.25, 0.3) is 0 Å². The fourth-order valence-corrected chi connectivity index (χ4v) is 1.89. The third-order valence-electron chi connectivity index (χ3n) is 2.54. The molecule has 0 unspecified atom stereocenters. The topological polar surface area (TPSA) is 57.9 Å². The molecule has 0 aliphatic rings. The van der Waals surface area contributed by atoms with Crippen LogP contribution in [0.2, 0.25) is 5.15 Å². The van der Waals surface area contributed by atoms with Gasteiger partial charge in [-0.2, -0.15) is 5.26 Å². The minimum absolute atomic E-state index is 0.271. The molecule has 19 heavy (non-hydrogen) atoms. The number of ether oxygens (including phenoxy) is 1. The Morgan fingerprint density at radius 1 is 1.32 bits per heavy atom. The maximum absolute atomic E-state index is 8.91. The van der Waals surface area contributed by atoms with Gasteiger partial charge in [-0.1, -0.05) is 17.7 Å². The number of aromatic nitrogens is 1. The molecule has 0 bridgehead atoms. The van der Waals surface area contributed by atoms with E-state index in [2.05, 4.69) is 10.3 Å². The van der Waals surface area contributed by atoms with E-state index in [1.54, 1.807) is 13.2 Å². The zero-order valence-corrected chi connectivity index (χ0v) is 11.3. The maximum Gasteiger partial charge on any atom is 0.142 e. The van der Waals surface area contributed by atoms with Gasteiger partial charge in [-0.15, -0.1) is 0 Å². The average molecular weight is 274 g/mol. The summed E-state index contributed by atoms with van der Waals surface area (Å²) in [6.45, 7) is 1.98. The van der Waals surface area contributed by atoms with Crippen LogP contribution in [-0.4, -0.2) is 12.1 Å². The highest BCUT2D eigenvalue weighted by molar-refractivity contribution is 6.29. The molecule has 1 aromatic carbocycles. The summed E-state index contributed by atoms with van der Waals surface area (Å²) in [4.78, 5) is 4.13. The molecular weight excluding hydrogens is 262 g/mol. The van der Waals surface area contributed by atoms with Gasteiger partial charge in [0.1, 0.15) is 16.7 Å². The highest BCUT2D eigenvalue weighted by atomic mass is 35.5. The predicted octanol–water partition coefficient (Wildman–Crippen LogP) is 3.67. The van der Waals surface area contributed by atoms with E-state index in [0.29, 0.717) is 17.1 Å². The van der Waals surface area contributed by atoms with Crippen molar-refractivity contribution >= 4 is 23.1 Å². The smallest absolute Gasteiger partial charge is 0.142 e. The van der Waals surface area contributed by atoms with E-state index >= 15 is 0 Å². The molecule has 0 spiro atoms. The quantitative estimate of drug-likeness (QED) is 0.867. The second-order valence-corrected chi connectivity index (χ2v) is 4.39. The molecule has 96 valence electrons. The van der Waals surface area contributed by atoms with Crippen molar-refractivity contribution in [3.05, 3.63) is 46.6 Å². The normalized spacial score (nSPS) is 9.79. The van der Waals surface area contributed by atoms with Gasteiger partial charge in [-0.25, -0.2) is 4.98 Å². The number of halogens is 1. The van der Waals surface area contributed by atoms with E-state index in [4.69, 9.17) is 21.6 Å². The number of methoxy groups -OCH3 is 1. The van der Waals surface area contributed by atoms with E-state index < -0.39 is 0 Å². The van der Waals surface area contributed by atoms with Crippen LogP contribution in [0, 0.1) is 18.3 Å². The Kier molecular flexibility index (Phi) is 3.88. The van der Waals surface area contributed by atoms with Crippen molar-refractivity contribution in [1.82, 2.24) is 4.98 Å². The first-order chi connectivity index (χ1) is 9.12. The van der Waals surface area contributed by atoms with Crippen LogP contribution in [0.1, 0.15) is 11.1 Å². The number of pyridine rings is 1. The third-order valence-corrected chi connectivity index (χ3v) is 2.73. The third kappa shape index (κ3) is 3.15. The van der Waals surface area contributed by atoms with Crippen LogP contribution in [-0.2, 0) is 0 Å². The molecule has 0 atom stereocenters. The predicted molar refractivity (Wildman–Crippen MR) is 75.0 cm³/mol. The van der Waals surface area contributed by atoms with E-state index in [9.17, 15) is 0 Å². The lowest BCUT2D eigenvalue weighted by Crippen LogP contribution is -1.98. The van der Waals surface area contributed by atoms with Crippen molar-refractivity contribution in [2.24, 2.45) is 0 Å². The molecule has 0 saturated heterocycles. The lowest BCUT2D eigenvalue weighted by molar-refractivity contribution is 0.416. The maximum atomic E-state index is 8.91. The van der Waals surface area contributed by atoms with Gasteiger partial charge in [0, 0.05) is 0 Å². The van der Waals surface area contributed by atoms with Gasteiger partial charge in [0.2, 0.25) is 0 Å². The first kappa shape index (κ1) is 13.2. The summed E-state index contributed by atoms with van der Waals surface area (Å²) in [5.74, 6) is 1.21. The Morgan fingerprint density at radius 3 is 2.79 bits per heavy atom. The van der Waals surface area contributed by atoms with Crippen molar-refractivity contribution in [3.63, 3.8) is 0 Å². The van der Waals surface area contributed by atoms with Crippen molar-refractivity contribution in [3.8, 4) is 11.8 Å². The summed E-state index contributed by atoms with van der Waals surface area (Å²) in [6, 6.07) is 10.9. The minimum atomic E-state index is 0.271. The van der Waals surface area contributed by atoms with Crippen LogP contribution in [0.3, 0.4) is 0 Å². The molecule has 4 nitrogen and oxygen atoms in total.